The lowest BCUT2D eigenvalue weighted by Gasteiger charge is -2.25. The molecule has 0 rings (SSSR count). The summed E-state index contributed by atoms with van der Waals surface area (Å²) in [5, 5.41) is 12.0. The zero-order valence-electron chi connectivity index (χ0n) is 8.47. The van der Waals surface area contributed by atoms with E-state index in [0.29, 0.717) is 13.0 Å². The molecule has 3 nitrogen and oxygen atoms in total. The minimum Gasteiger partial charge on any atom is -0.480 e. The minimum atomic E-state index is -0.780. The number of hydrogen-bond acceptors (Lipinski definition) is 2. The van der Waals surface area contributed by atoms with Crippen LogP contribution in [-0.2, 0) is 4.79 Å². The van der Waals surface area contributed by atoms with E-state index in [4.69, 9.17) is 5.11 Å². The number of carboxylic acids is 1. The summed E-state index contributed by atoms with van der Waals surface area (Å²) in [5.74, 6) is -0.779. The van der Waals surface area contributed by atoms with Gasteiger partial charge in [-0.05, 0) is 26.3 Å². The molecule has 0 bridgehead atoms. The van der Waals surface area contributed by atoms with Crippen molar-refractivity contribution in [3.8, 4) is 0 Å². The van der Waals surface area contributed by atoms with E-state index in [-0.39, 0.29) is 0 Å². The molecule has 0 aromatic heterocycles. The molecule has 3 heteroatoms. The summed E-state index contributed by atoms with van der Waals surface area (Å²) in [6.07, 6.45) is 4.09. The minimum absolute atomic E-state index is 0.652. The van der Waals surface area contributed by atoms with E-state index in [9.17, 15) is 4.79 Å². The van der Waals surface area contributed by atoms with Gasteiger partial charge >= 0.3 is 5.97 Å². The third-order valence-electron chi connectivity index (χ3n) is 2.09. The summed E-state index contributed by atoms with van der Waals surface area (Å²) >= 11 is 0. The fourth-order valence-electron chi connectivity index (χ4n) is 1.22. The van der Waals surface area contributed by atoms with Crippen molar-refractivity contribution in [2.45, 2.75) is 38.6 Å². The van der Waals surface area contributed by atoms with Crippen molar-refractivity contribution in [3.63, 3.8) is 0 Å². The van der Waals surface area contributed by atoms with Crippen molar-refractivity contribution in [1.29, 1.82) is 0 Å². The average Bonchev–Trinajstić information content (AvgIpc) is 2.05. The Morgan fingerprint density at radius 2 is 2.31 bits per heavy atom. The van der Waals surface area contributed by atoms with Gasteiger partial charge in [-0.25, -0.2) is 0 Å². The lowest BCUT2D eigenvalue weighted by Crippen LogP contribution is -2.49. The molecule has 0 fully saturated rings. The van der Waals surface area contributed by atoms with Crippen LogP contribution in [0.4, 0.5) is 0 Å². The largest absolute Gasteiger partial charge is 0.480 e. The van der Waals surface area contributed by atoms with E-state index < -0.39 is 11.5 Å². The molecule has 2 N–H and O–H groups in total. The van der Waals surface area contributed by atoms with E-state index in [0.717, 1.165) is 12.8 Å². The molecule has 0 saturated heterocycles. The van der Waals surface area contributed by atoms with Crippen LogP contribution >= 0.6 is 0 Å². The monoisotopic (exact) mass is 185 g/mol. The Bertz CT molecular complexity index is 180. The van der Waals surface area contributed by atoms with Gasteiger partial charge in [-0.1, -0.05) is 19.4 Å². The average molecular weight is 185 g/mol. The molecule has 0 aliphatic rings. The molecule has 0 heterocycles. The van der Waals surface area contributed by atoms with Crippen LogP contribution in [0.15, 0.2) is 12.7 Å². The van der Waals surface area contributed by atoms with Gasteiger partial charge in [0.1, 0.15) is 5.54 Å². The van der Waals surface area contributed by atoms with E-state index in [1.54, 1.807) is 13.0 Å². The van der Waals surface area contributed by atoms with Gasteiger partial charge in [-0.15, -0.1) is 6.58 Å². The highest BCUT2D eigenvalue weighted by Gasteiger charge is 2.30. The zero-order chi connectivity index (χ0) is 10.3. The third-order valence-corrected chi connectivity index (χ3v) is 2.09. The number of carbonyl (C=O) groups is 1. The first-order valence-electron chi connectivity index (χ1n) is 4.66. The van der Waals surface area contributed by atoms with Crippen molar-refractivity contribution in [2.24, 2.45) is 0 Å². The van der Waals surface area contributed by atoms with E-state index in [2.05, 4.69) is 11.9 Å². The van der Waals surface area contributed by atoms with Gasteiger partial charge in [0.15, 0.2) is 0 Å². The van der Waals surface area contributed by atoms with Gasteiger partial charge in [0.05, 0.1) is 0 Å². The van der Waals surface area contributed by atoms with Gasteiger partial charge in [-0.2, -0.15) is 0 Å². The molecule has 0 aliphatic heterocycles. The highest BCUT2D eigenvalue weighted by Crippen LogP contribution is 2.12. The molecule has 0 aliphatic carbocycles. The van der Waals surface area contributed by atoms with Crippen LogP contribution in [0.5, 0.6) is 0 Å². The van der Waals surface area contributed by atoms with Crippen LogP contribution in [0.2, 0.25) is 0 Å². The van der Waals surface area contributed by atoms with Crippen LogP contribution in [0.1, 0.15) is 33.1 Å². The maximum absolute atomic E-state index is 10.9. The summed E-state index contributed by atoms with van der Waals surface area (Å²) < 4.78 is 0. The predicted molar refractivity (Wildman–Crippen MR) is 53.8 cm³/mol. The second-order valence-corrected chi connectivity index (χ2v) is 3.39. The highest BCUT2D eigenvalue weighted by molar-refractivity contribution is 5.78. The first kappa shape index (κ1) is 12.2. The van der Waals surface area contributed by atoms with Gasteiger partial charge in [0.2, 0.25) is 0 Å². The summed E-state index contributed by atoms with van der Waals surface area (Å²) in [5.41, 5.74) is -0.780. The van der Waals surface area contributed by atoms with Gasteiger partial charge in [0, 0.05) is 0 Å². The van der Waals surface area contributed by atoms with E-state index >= 15 is 0 Å². The van der Waals surface area contributed by atoms with Crippen LogP contribution < -0.4 is 5.32 Å². The summed E-state index contributed by atoms with van der Waals surface area (Å²) in [6, 6.07) is 0. The highest BCUT2D eigenvalue weighted by atomic mass is 16.4. The number of hydrogen-bond donors (Lipinski definition) is 2. The molecule has 1 unspecified atom stereocenters. The van der Waals surface area contributed by atoms with Crippen LogP contribution in [-0.4, -0.2) is 23.2 Å². The summed E-state index contributed by atoms with van der Waals surface area (Å²) in [7, 11) is 0. The Kier molecular flexibility index (Phi) is 5.39. The fourth-order valence-corrected chi connectivity index (χ4v) is 1.22. The lowest BCUT2D eigenvalue weighted by atomic mass is 9.96. The van der Waals surface area contributed by atoms with Crippen molar-refractivity contribution < 1.29 is 9.90 Å². The molecule has 13 heavy (non-hydrogen) atoms. The van der Waals surface area contributed by atoms with Crippen LogP contribution in [0.3, 0.4) is 0 Å². The second kappa shape index (κ2) is 5.75. The number of rotatable bonds is 7. The third kappa shape index (κ3) is 4.08. The number of carboxylic acid groups (broad SMARTS) is 1. The maximum atomic E-state index is 10.9. The van der Waals surface area contributed by atoms with Crippen LogP contribution in [0.25, 0.3) is 0 Å². The zero-order valence-corrected chi connectivity index (χ0v) is 8.47. The van der Waals surface area contributed by atoms with Gasteiger partial charge < -0.3 is 10.4 Å². The Balaban J connectivity index is 4.07. The molecule has 76 valence electrons. The van der Waals surface area contributed by atoms with Gasteiger partial charge in [0.25, 0.3) is 0 Å². The molecule has 0 saturated carbocycles. The Labute approximate surface area is 79.8 Å². The van der Waals surface area contributed by atoms with Crippen molar-refractivity contribution >= 4 is 5.97 Å². The van der Waals surface area contributed by atoms with Crippen molar-refractivity contribution in [2.75, 3.05) is 6.54 Å². The number of nitrogens with one attached hydrogen (secondary N) is 1. The molecule has 1 atom stereocenters. The summed E-state index contributed by atoms with van der Waals surface area (Å²) in [6.45, 7) is 7.96. The normalized spacial score (nSPS) is 14.9. The quantitative estimate of drug-likeness (QED) is 0.469. The molecular formula is C10H19NO2. The van der Waals surface area contributed by atoms with Gasteiger partial charge in [-0.3, -0.25) is 4.79 Å². The standard InChI is InChI=1S/C10H19NO2/c1-4-6-8-11-10(3,7-5-2)9(12)13/h4,11H,1,5-8H2,2-3H3,(H,12,13). The van der Waals surface area contributed by atoms with Crippen molar-refractivity contribution in [3.05, 3.63) is 12.7 Å². The molecule has 0 aromatic rings. The Hall–Kier alpha value is -0.830. The molecule has 0 amide bonds. The fraction of sp³-hybridized carbons (Fsp3) is 0.700. The maximum Gasteiger partial charge on any atom is 0.323 e. The second-order valence-electron chi connectivity index (χ2n) is 3.39. The predicted octanol–water partition coefficient (Wildman–Crippen LogP) is 1.80. The SMILES string of the molecule is C=CCCNC(C)(CCC)C(=O)O. The molecule has 0 aromatic carbocycles. The molecular weight excluding hydrogens is 166 g/mol. The smallest absolute Gasteiger partial charge is 0.323 e. The first-order chi connectivity index (χ1) is 6.06. The van der Waals surface area contributed by atoms with E-state index in [1.807, 2.05) is 6.92 Å². The first-order valence-corrected chi connectivity index (χ1v) is 4.66. The van der Waals surface area contributed by atoms with Crippen LogP contribution in [0, 0.1) is 0 Å². The lowest BCUT2D eigenvalue weighted by molar-refractivity contribution is -0.144. The van der Waals surface area contributed by atoms with Crippen molar-refractivity contribution in [1.82, 2.24) is 5.32 Å². The Morgan fingerprint density at radius 3 is 2.69 bits per heavy atom. The summed E-state index contributed by atoms with van der Waals surface area (Å²) in [4.78, 5) is 10.9. The molecule has 0 spiro atoms. The Morgan fingerprint density at radius 1 is 1.69 bits per heavy atom. The number of aliphatic carboxylic acids is 1. The molecule has 0 radical (unpaired) electrons. The topological polar surface area (TPSA) is 49.3 Å². The van der Waals surface area contributed by atoms with E-state index in [1.165, 1.54) is 0 Å².